The molecule has 0 aliphatic heterocycles. The molecule has 0 aromatic rings. The maximum atomic E-state index is 12.5. The minimum atomic E-state index is -1.11. The van der Waals surface area contributed by atoms with E-state index in [9.17, 15) is 20.1 Å². The molecule has 0 aromatic carbocycles. The van der Waals surface area contributed by atoms with Crippen LogP contribution < -0.4 is 5.32 Å². The van der Waals surface area contributed by atoms with E-state index >= 15 is 0 Å². The molecule has 63 heavy (non-hydrogen) atoms. The van der Waals surface area contributed by atoms with Crippen molar-refractivity contribution in [3.05, 3.63) is 48.6 Å². The molecule has 5 nitrogen and oxygen atoms in total. The molecule has 0 rings (SSSR count). The third-order valence-electron chi connectivity index (χ3n) is 12.9. The molecule has 4 N–H and O–H groups in total. The third kappa shape index (κ3) is 48.1. The first-order chi connectivity index (χ1) is 31.1. The van der Waals surface area contributed by atoms with Gasteiger partial charge in [-0.2, -0.15) is 0 Å². The van der Waals surface area contributed by atoms with E-state index in [4.69, 9.17) is 0 Å². The van der Waals surface area contributed by atoms with Gasteiger partial charge in [0.2, 0.25) is 5.91 Å². The Bertz CT molecular complexity index is 1020. The van der Waals surface area contributed by atoms with Crippen LogP contribution >= 0.6 is 0 Å². The van der Waals surface area contributed by atoms with Gasteiger partial charge in [0.05, 0.1) is 18.8 Å². The molecule has 0 saturated carbocycles. The Morgan fingerprint density at radius 2 is 0.651 bits per heavy atom. The molecule has 0 saturated heterocycles. The number of hydrogen-bond donors (Lipinski definition) is 4. The standard InChI is InChI=1S/C58H109NO4/c1-3-5-7-9-11-13-15-17-18-19-20-21-22-23-24-25-26-27-28-29-30-31-32-33-34-35-36-37-38-39-41-43-45-47-49-51-53-57(62)58(63)59-55(54-60)56(61)52-50-48-46-44-42-40-16-14-12-10-8-6-4-2/h12,14,27-28,42,44,50,52,55-57,60-62H,3-11,13,15-26,29-41,43,45-49,51,53-54H2,1-2H3,(H,59,63)/b14-12+,28-27-,44-42+,52-50+. The molecule has 0 aromatic heterocycles. The first kappa shape index (κ1) is 61.3. The van der Waals surface area contributed by atoms with Crippen LogP contribution in [0.5, 0.6) is 0 Å². The molecule has 0 spiro atoms. The van der Waals surface area contributed by atoms with Crippen molar-refractivity contribution < 1.29 is 20.1 Å². The second-order valence-corrected chi connectivity index (χ2v) is 19.1. The number of hydrogen-bond acceptors (Lipinski definition) is 4. The van der Waals surface area contributed by atoms with Gasteiger partial charge in [0.1, 0.15) is 6.10 Å². The zero-order valence-electron chi connectivity index (χ0n) is 42.2. The van der Waals surface area contributed by atoms with Crippen LogP contribution in [-0.2, 0) is 4.79 Å². The van der Waals surface area contributed by atoms with E-state index in [0.717, 1.165) is 44.9 Å². The molecule has 370 valence electrons. The van der Waals surface area contributed by atoms with Gasteiger partial charge in [-0.1, -0.05) is 268 Å². The number of allylic oxidation sites excluding steroid dienone is 7. The summed E-state index contributed by atoms with van der Waals surface area (Å²) >= 11 is 0. The zero-order valence-corrected chi connectivity index (χ0v) is 42.2. The van der Waals surface area contributed by atoms with E-state index in [0.29, 0.717) is 6.42 Å². The van der Waals surface area contributed by atoms with Crippen molar-refractivity contribution >= 4 is 5.91 Å². The summed E-state index contributed by atoms with van der Waals surface area (Å²) in [5, 5.41) is 33.2. The summed E-state index contributed by atoms with van der Waals surface area (Å²) < 4.78 is 0. The molecule has 3 unspecified atom stereocenters. The van der Waals surface area contributed by atoms with Gasteiger partial charge in [0.15, 0.2) is 0 Å². The van der Waals surface area contributed by atoms with E-state index in [-0.39, 0.29) is 6.61 Å². The van der Waals surface area contributed by atoms with Gasteiger partial charge in [-0.3, -0.25) is 4.79 Å². The lowest BCUT2D eigenvalue weighted by molar-refractivity contribution is -0.131. The summed E-state index contributed by atoms with van der Waals surface area (Å²) in [5.74, 6) is -0.516. The van der Waals surface area contributed by atoms with E-state index in [1.54, 1.807) is 6.08 Å². The Labute approximate surface area is 393 Å². The van der Waals surface area contributed by atoms with Crippen LogP contribution in [-0.4, -0.2) is 46.1 Å². The first-order valence-electron chi connectivity index (χ1n) is 28.0. The quantitative estimate of drug-likeness (QED) is 0.0362. The molecule has 5 heteroatoms. The highest BCUT2D eigenvalue weighted by Crippen LogP contribution is 2.17. The number of amides is 1. The smallest absolute Gasteiger partial charge is 0.249 e. The van der Waals surface area contributed by atoms with Crippen LogP contribution in [0.25, 0.3) is 0 Å². The Morgan fingerprint density at radius 3 is 1.00 bits per heavy atom. The average molecular weight is 885 g/mol. The number of aliphatic hydroxyl groups is 3. The lowest BCUT2D eigenvalue weighted by Crippen LogP contribution is -2.48. The monoisotopic (exact) mass is 884 g/mol. The molecule has 3 atom stereocenters. The van der Waals surface area contributed by atoms with Crippen LogP contribution in [0.4, 0.5) is 0 Å². The number of aliphatic hydroxyl groups excluding tert-OH is 3. The van der Waals surface area contributed by atoms with Crippen molar-refractivity contribution in [3.8, 4) is 0 Å². The highest BCUT2D eigenvalue weighted by molar-refractivity contribution is 5.80. The third-order valence-corrected chi connectivity index (χ3v) is 12.9. The second kappa shape index (κ2) is 52.9. The van der Waals surface area contributed by atoms with E-state index in [2.05, 4.69) is 55.6 Å². The number of carbonyl (C=O) groups is 1. The number of carbonyl (C=O) groups excluding carboxylic acids is 1. The van der Waals surface area contributed by atoms with Crippen LogP contribution in [0, 0.1) is 0 Å². The summed E-state index contributed by atoms with van der Waals surface area (Å²) in [7, 11) is 0. The van der Waals surface area contributed by atoms with E-state index in [1.807, 2.05) is 6.08 Å². The molecular formula is C58H109NO4. The fourth-order valence-electron chi connectivity index (χ4n) is 8.51. The number of nitrogens with one attached hydrogen (secondary N) is 1. The SMILES string of the molecule is CCCCC/C=C/CC/C=C/CC/C=C/C(O)C(CO)NC(=O)C(O)CCCCCCCCCCCCCCCCCC/C=C\CCCCCCCCCCCCCCCCCC. The zero-order chi connectivity index (χ0) is 45.8. The van der Waals surface area contributed by atoms with Gasteiger partial charge in [-0.25, -0.2) is 0 Å². The Balaban J connectivity index is 3.49. The van der Waals surface area contributed by atoms with Gasteiger partial charge in [0.25, 0.3) is 0 Å². The van der Waals surface area contributed by atoms with E-state index in [1.165, 1.54) is 225 Å². The molecule has 0 aliphatic rings. The maximum absolute atomic E-state index is 12.5. The van der Waals surface area contributed by atoms with Crippen molar-refractivity contribution in [1.29, 1.82) is 0 Å². The van der Waals surface area contributed by atoms with Crippen molar-refractivity contribution in [2.75, 3.05) is 6.61 Å². The fourth-order valence-corrected chi connectivity index (χ4v) is 8.51. The number of rotatable bonds is 51. The molecule has 1 amide bonds. The average Bonchev–Trinajstić information content (AvgIpc) is 3.29. The summed E-state index contributed by atoms with van der Waals surface area (Å²) in [5.41, 5.74) is 0. The van der Waals surface area contributed by atoms with Gasteiger partial charge < -0.3 is 20.6 Å². The van der Waals surface area contributed by atoms with Crippen molar-refractivity contribution in [3.63, 3.8) is 0 Å². The second-order valence-electron chi connectivity index (χ2n) is 19.1. The predicted octanol–water partition coefficient (Wildman–Crippen LogP) is 17.2. The van der Waals surface area contributed by atoms with Gasteiger partial charge in [-0.05, 0) is 70.6 Å². The molecule has 0 radical (unpaired) electrons. The molecule has 0 heterocycles. The Hall–Kier alpha value is -1.69. The molecular weight excluding hydrogens is 775 g/mol. The normalized spacial score (nSPS) is 13.7. The lowest BCUT2D eigenvalue weighted by Gasteiger charge is -2.21. The van der Waals surface area contributed by atoms with Gasteiger partial charge in [0, 0.05) is 0 Å². The van der Waals surface area contributed by atoms with Crippen LogP contribution in [0.3, 0.4) is 0 Å². The fraction of sp³-hybridized carbons (Fsp3) is 0.845. The largest absolute Gasteiger partial charge is 0.394 e. The Morgan fingerprint density at radius 1 is 0.381 bits per heavy atom. The van der Waals surface area contributed by atoms with Crippen LogP contribution in [0.1, 0.15) is 290 Å². The first-order valence-corrected chi connectivity index (χ1v) is 28.0. The number of unbranched alkanes of at least 4 members (excludes halogenated alkanes) is 37. The van der Waals surface area contributed by atoms with Crippen LogP contribution in [0.15, 0.2) is 48.6 Å². The highest BCUT2D eigenvalue weighted by Gasteiger charge is 2.22. The lowest BCUT2D eigenvalue weighted by atomic mass is 10.0. The van der Waals surface area contributed by atoms with Crippen molar-refractivity contribution in [2.45, 2.75) is 308 Å². The van der Waals surface area contributed by atoms with Gasteiger partial charge in [-0.15, -0.1) is 0 Å². The molecule has 0 aliphatic carbocycles. The highest BCUT2D eigenvalue weighted by atomic mass is 16.3. The maximum Gasteiger partial charge on any atom is 0.249 e. The predicted molar refractivity (Wildman–Crippen MR) is 277 cm³/mol. The Kier molecular flexibility index (Phi) is 51.5. The minimum absolute atomic E-state index is 0.381. The van der Waals surface area contributed by atoms with Crippen LogP contribution in [0.2, 0.25) is 0 Å². The van der Waals surface area contributed by atoms with Crippen molar-refractivity contribution in [2.24, 2.45) is 0 Å². The summed E-state index contributed by atoms with van der Waals surface area (Å²) in [6, 6.07) is -0.820. The topological polar surface area (TPSA) is 89.8 Å². The summed E-state index contributed by atoms with van der Waals surface area (Å²) in [6.45, 7) is 4.15. The summed E-state index contributed by atoms with van der Waals surface area (Å²) in [6.07, 6.45) is 70.7. The molecule has 0 bridgehead atoms. The molecule has 0 fully saturated rings. The van der Waals surface area contributed by atoms with Gasteiger partial charge >= 0.3 is 0 Å². The van der Waals surface area contributed by atoms with E-state index < -0.39 is 24.2 Å². The summed E-state index contributed by atoms with van der Waals surface area (Å²) in [4.78, 5) is 12.5. The van der Waals surface area contributed by atoms with Crippen molar-refractivity contribution in [1.82, 2.24) is 5.32 Å². The minimum Gasteiger partial charge on any atom is -0.394 e.